The smallest absolute Gasteiger partial charge is 0.255 e. The van der Waals surface area contributed by atoms with Gasteiger partial charge >= 0.3 is 0 Å². The van der Waals surface area contributed by atoms with Gasteiger partial charge in [0, 0.05) is 29.7 Å². The maximum Gasteiger partial charge on any atom is 0.255 e. The first-order valence-electron chi connectivity index (χ1n) is 11.6. The molecule has 13 heteroatoms. The van der Waals surface area contributed by atoms with Gasteiger partial charge in [0.1, 0.15) is 22.9 Å². The average Bonchev–Trinajstić information content (AvgIpc) is 3.44. The lowest BCUT2D eigenvalue weighted by Gasteiger charge is -2.37. The quantitative estimate of drug-likeness (QED) is 0.279. The van der Waals surface area contributed by atoms with Gasteiger partial charge in [-0.3, -0.25) is 14.3 Å². The molecule has 0 spiro atoms. The topological polar surface area (TPSA) is 173 Å². The van der Waals surface area contributed by atoms with E-state index in [1.165, 1.54) is 22.0 Å². The molecule has 3 aromatic heterocycles. The van der Waals surface area contributed by atoms with Crippen LogP contribution in [-0.4, -0.2) is 83.5 Å². The number of carbonyl (C=O) groups is 2. The number of likely N-dealkylation sites (tertiary alicyclic amines) is 1. The molecule has 1 fully saturated rings. The fourth-order valence-corrected chi connectivity index (χ4v) is 4.43. The summed E-state index contributed by atoms with van der Waals surface area (Å²) in [6, 6.07) is 6.52. The predicted molar refractivity (Wildman–Crippen MR) is 133 cm³/mol. The summed E-state index contributed by atoms with van der Waals surface area (Å²) >= 11 is 6.18. The molecule has 0 saturated carbocycles. The summed E-state index contributed by atoms with van der Waals surface area (Å²) in [4.78, 5) is 39.1. The Morgan fingerprint density at radius 2 is 2.16 bits per heavy atom. The van der Waals surface area contributed by atoms with Gasteiger partial charge in [-0.25, -0.2) is 9.97 Å². The highest BCUT2D eigenvalue weighted by Gasteiger charge is 2.33. The van der Waals surface area contributed by atoms with Gasteiger partial charge in [-0.2, -0.15) is 10.4 Å². The third-order valence-electron chi connectivity index (χ3n) is 6.27. The van der Waals surface area contributed by atoms with E-state index < -0.39 is 24.7 Å². The fraction of sp³-hybridized carbons (Fsp3) is 0.333. The van der Waals surface area contributed by atoms with E-state index in [0.29, 0.717) is 51.6 Å². The Morgan fingerprint density at radius 1 is 1.38 bits per heavy atom. The summed E-state index contributed by atoms with van der Waals surface area (Å²) in [5.41, 5.74) is 2.39. The Labute approximate surface area is 215 Å². The molecule has 2 amide bonds. The van der Waals surface area contributed by atoms with Crippen molar-refractivity contribution in [3.05, 3.63) is 41.2 Å². The van der Waals surface area contributed by atoms with E-state index in [-0.39, 0.29) is 23.9 Å². The first-order valence-corrected chi connectivity index (χ1v) is 12.0. The molecular weight excluding hydrogens is 500 g/mol. The number of carbonyl (C=O) groups excluding carboxylic acids is 2. The molecule has 0 radical (unpaired) electrons. The number of hydrogen-bond donors (Lipinski definition) is 4. The maximum atomic E-state index is 13.0. The number of aliphatic hydroxyl groups is 2. The number of aromatic nitrogens is 5. The summed E-state index contributed by atoms with van der Waals surface area (Å²) < 4.78 is 1.54. The van der Waals surface area contributed by atoms with Crippen molar-refractivity contribution in [3.8, 4) is 17.5 Å². The van der Waals surface area contributed by atoms with Crippen LogP contribution in [0.1, 0.15) is 17.3 Å². The fourth-order valence-electron chi connectivity index (χ4n) is 4.26. The molecule has 37 heavy (non-hydrogen) atoms. The van der Waals surface area contributed by atoms with E-state index in [1.807, 2.05) is 0 Å². The van der Waals surface area contributed by atoms with Crippen LogP contribution >= 0.6 is 11.6 Å². The number of halogens is 1. The minimum absolute atomic E-state index is 0.0405. The largest absolute Gasteiger partial charge is 0.394 e. The molecule has 4 aromatic rings. The summed E-state index contributed by atoms with van der Waals surface area (Å²) in [6.07, 6.45) is 1.98. The molecule has 1 aliphatic rings. The van der Waals surface area contributed by atoms with Crippen molar-refractivity contribution in [2.75, 3.05) is 19.7 Å². The van der Waals surface area contributed by atoms with Gasteiger partial charge in [0.2, 0.25) is 5.91 Å². The number of hydrogen-bond acceptors (Lipinski definition) is 8. The van der Waals surface area contributed by atoms with Gasteiger partial charge in [-0.05, 0) is 25.1 Å². The van der Waals surface area contributed by atoms with Crippen LogP contribution < -0.4 is 5.32 Å². The number of nitriles is 1. The number of nitrogens with zero attached hydrogens (tertiary/aromatic N) is 6. The number of nitrogens with one attached hydrogen (secondary N) is 2. The molecule has 1 aliphatic heterocycles. The van der Waals surface area contributed by atoms with Crippen LogP contribution in [0.5, 0.6) is 0 Å². The maximum absolute atomic E-state index is 13.0. The molecular formula is C24H23ClN8O4. The van der Waals surface area contributed by atoms with Gasteiger partial charge in [-0.1, -0.05) is 11.6 Å². The molecule has 12 nitrogen and oxygen atoms in total. The summed E-state index contributed by atoms with van der Waals surface area (Å²) in [5.74, 6) is -0.923. The lowest BCUT2D eigenvalue weighted by atomic mass is 10.0. The highest BCUT2D eigenvalue weighted by Crippen LogP contribution is 2.30. The SMILES string of the molecule is C[C@@H](NC(=O)c1c[nH]c2ncc(-c3nn(CC(O)CO)c4cc(Cl)ccc34)nc12)C(=O)N1CC(C#N)C1. The van der Waals surface area contributed by atoms with Gasteiger partial charge < -0.3 is 25.4 Å². The molecule has 1 unspecified atom stereocenters. The Hall–Kier alpha value is -4.05. The van der Waals surface area contributed by atoms with E-state index in [9.17, 15) is 19.8 Å². The number of fused-ring (bicyclic) bond motifs is 2. The molecule has 4 heterocycles. The van der Waals surface area contributed by atoms with E-state index >= 15 is 0 Å². The van der Waals surface area contributed by atoms with E-state index in [4.69, 9.17) is 16.9 Å². The molecule has 5 rings (SSSR count). The van der Waals surface area contributed by atoms with Gasteiger partial charge in [0.05, 0.1) is 48.5 Å². The second kappa shape index (κ2) is 9.78. The zero-order chi connectivity index (χ0) is 26.3. The highest BCUT2D eigenvalue weighted by molar-refractivity contribution is 6.31. The van der Waals surface area contributed by atoms with Crippen molar-refractivity contribution < 1.29 is 19.8 Å². The molecule has 0 aliphatic carbocycles. The van der Waals surface area contributed by atoms with Crippen LogP contribution in [0.25, 0.3) is 33.5 Å². The van der Waals surface area contributed by atoms with Crippen LogP contribution in [0.4, 0.5) is 0 Å². The molecule has 1 saturated heterocycles. The van der Waals surface area contributed by atoms with Crippen LogP contribution in [0, 0.1) is 17.2 Å². The molecule has 1 aromatic carbocycles. The van der Waals surface area contributed by atoms with Gasteiger partial charge in [0.25, 0.3) is 5.91 Å². The molecule has 0 bridgehead atoms. The van der Waals surface area contributed by atoms with E-state index in [0.717, 1.165) is 0 Å². The van der Waals surface area contributed by atoms with E-state index in [2.05, 4.69) is 31.4 Å². The lowest BCUT2D eigenvalue weighted by Crippen LogP contribution is -2.55. The zero-order valence-corrected chi connectivity index (χ0v) is 20.5. The number of benzene rings is 1. The zero-order valence-electron chi connectivity index (χ0n) is 19.7. The second-order valence-electron chi connectivity index (χ2n) is 8.95. The second-order valence-corrected chi connectivity index (χ2v) is 9.38. The Bertz CT molecular complexity index is 1550. The van der Waals surface area contributed by atoms with Crippen molar-refractivity contribution in [2.45, 2.75) is 25.6 Å². The van der Waals surface area contributed by atoms with Crippen LogP contribution in [-0.2, 0) is 11.3 Å². The van der Waals surface area contributed by atoms with Gasteiger partial charge in [0.15, 0.2) is 5.65 Å². The van der Waals surface area contributed by atoms with Crippen molar-refractivity contribution in [1.29, 1.82) is 5.26 Å². The van der Waals surface area contributed by atoms with Gasteiger partial charge in [-0.15, -0.1) is 0 Å². The minimum atomic E-state index is -1.02. The lowest BCUT2D eigenvalue weighted by molar-refractivity contribution is -0.137. The first kappa shape index (κ1) is 24.6. The van der Waals surface area contributed by atoms with Crippen LogP contribution in [0.3, 0.4) is 0 Å². The number of aromatic amines is 1. The predicted octanol–water partition coefficient (Wildman–Crippen LogP) is 1.08. The number of aliphatic hydroxyl groups excluding tert-OH is 2. The molecule has 4 N–H and O–H groups in total. The molecule has 190 valence electrons. The monoisotopic (exact) mass is 522 g/mol. The molecule has 2 atom stereocenters. The Kier molecular flexibility index (Phi) is 6.51. The Morgan fingerprint density at radius 3 is 2.89 bits per heavy atom. The van der Waals surface area contributed by atoms with Crippen molar-refractivity contribution >= 4 is 45.5 Å². The third kappa shape index (κ3) is 4.60. The summed E-state index contributed by atoms with van der Waals surface area (Å²) in [5, 5.41) is 36.6. The number of amides is 2. The normalized spacial score (nSPS) is 15.4. The van der Waals surface area contributed by atoms with Crippen LogP contribution in [0.2, 0.25) is 5.02 Å². The standard InChI is InChI=1S/C24H23ClN8O4/c1-12(24(37)32-8-13(5-26)9-32)29-23(36)17-6-27-22-21(17)30-18(7-28-22)20-16-3-2-14(25)4-19(16)33(31-20)10-15(35)11-34/h2-4,6-7,12-13,15,34-35H,8-11H2,1H3,(H,27,28)(H,29,36)/t12-,15?/m1/s1. The highest BCUT2D eigenvalue weighted by atomic mass is 35.5. The number of rotatable bonds is 7. The minimum Gasteiger partial charge on any atom is -0.394 e. The summed E-state index contributed by atoms with van der Waals surface area (Å²) in [6.45, 7) is 1.93. The third-order valence-corrected chi connectivity index (χ3v) is 6.51. The van der Waals surface area contributed by atoms with Crippen molar-refractivity contribution in [3.63, 3.8) is 0 Å². The first-order chi connectivity index (χ1) is 17.8. The Balaban J connectivity index is 1.45. The summed E-state index contributed by atoms with van der Waals surface area (Å²) in [7, 11) is 0. The number of H-pyrrole nitrogens is 1. The average molecular weight is 523 g/mol. The van der Waals surface area contributed by atoms with Crippen molar-refractivity contribution in [2.24, 2.45) is 5.92 Å². The van der Waals surface area contributed by atoms with Crippen LogP contribution in [0.15, 0.2) is 30.6 Å². The van der Waals surface area contributed by atoms with E-state index in [1.54, 1.807) is 25.1 Å². The van der Waals surface area contributed by atoms with Crippen molar-refractivity contribution in [1.82, 2.24) is 34.9 Å².